The minimum absolute atomic E-state index is 0. The fraction of sp³-hybridized carbons (Fsp3) is 0.929. The lowest BCUT2D eigenvalue weighted by molar-refractivity contribution is 0.123. The molecule has 0 bridgehead atoms. The van der Waals surface area contributed by atoms with Gasteiger partial charge in [-0.3, -0.25) is 4.99 Å². The van der Waals surface area contributed by atoms with Gasteiger partial charge in [0.05, 0.1) is 6.26 Å². The quantitative estimate of drug-likeness (QED) is 0.174. The molecule has 1 aliphatic carbocycles. The molecule has 0 aromatic rings. The fourth-order valence-electron chi connectivity index (χ4n) is 1.79. The van der Waals surface area contributed by atoms with Crippen molar-refractivity contribution in [3.63, 3.8) is 0 Å². The van der Waals surface area contributed by atoms with Crippen molar-refractivity contribution in [2.24, 2.45) is 10.9 Å². The molecule has 0 heterocycles. The number of aliphatic imine (C=N–C) groups is 1. The zero-order chi connectivity index (χ0) is 16.3. The number of hydrogen-bond donors (Lipinski definition) is 3. The molecular formula is C14H31IN4O3S. The first-order valence-electron chi connectivity index (χ1n) is 8.06. The Bertz CT molecular complexity index is 428. The van der Waals surface area contributed by atoms with Crippen LogP contribution in [0.3, 0.4) is 0 Å². The maximum atomic E-state index is 10.9. The number of nitrogens with one attached hydrogen (secondary N) is 3. The molecule has 0 saturated heterocycles. The number of halogens is 1. The molecular weight excluding hydrogens is 431 g/mol. The summed E-state index contributed by atoms with van der Waals surface area (Å²) < 4.78 is 29.9. The Morgan fingerprint density at radius 3 is 2.57 bits per heavy atom. The van der Waals surface area contributed by atoms with E-state index in [1.807, 2.05) is 6.92 Å². The molecule has 9 heteroatoms. The van der Waals surface area contributed by atoms with E-state index in [2.05, 4.69) is 20.3 Å². The van der Waals surface area contributed by atoms with Crippen LogP contribution in [-0.4, -0.2) is 60.0 Å². The van der Waals surface area contributed by atoms with Gasteiger partial charge in [0.2, 0.25) is 10.0 Å². The van der Waals surface area contributed by atoms with Crippen molar-refractivity contribution in [1.82, 2.24) is 15.4 Å². The SMILES string of the molecule is CCNC(=NCCCOCC1CC1)NCCCNS(C)(=O)=O.I. The maximum Gasteiger partial charge on any atom is 0.208 e. The summed E-state index contributed by atoms with van der Waals surface area (Å²) in [6.45, 7) is 6.30. The summed E-state index contributed by atoms with van der Waals surface area (Å²) >= 11 is 0. The van der Waals surface area contributed by atoms with E-state index in [-0.39, 0.29) is 24.0 Å². The van der Waals surface area contributed by atoms with Gasteiger partial charge in [-0.2, -0.15) is 0 Å². The lowest BCUT2D eigenvalue weighted by atomic mass is 10.4. The van der Waals surface area contributed by atoms with Crippen LogP contribution in [0.25, 0.3) is 0 Å². The molecule has 1 rings (SSSR count). The van der Waals surface area contributed by atoms with Crippen molar-refractivity contribution in [1.29, 1.82) is 0 Å². The molecule has 23 heavy (non-hydrogen) atoms. The molecule has 0 aliphatic heterocycles. The van der Waals surface area contributed by atoms with E-state index in [1.54, 1.807) is 0 Å². The lowest BCUT2D eigenvalue weighted by Crippen LogP contribution is -2.38. The average Bonchev–Trinajstić information content (AvgIpc) is 3.25. The minimum Gasteiger partial charge on any atom is -0.381 e. The van der Waals surface area contributed by atoms with E-state index in [4.69, 9.17) is 4.74 Å². The highest BCUT2D eigenvalue weighted by atomic mass is 127. The Labute approximate surface area is 157 Å². The van der Waals surface area contributed by atoms with E-state index in [0.29, 0.717) is 19.5 Å². The summed E-state index contributed by atoms with van der Waals surface area (Å²) in [6.07, 6.45) is 5.43. The molecule has 1 saturated carbocycles. The van der Waals surface area contributed by atoms with Gasteiger partial charge >= 0.3 is 0 Å². The van der Waals surface area contributed by atoms with Crippen LogP contribution in [0.15, 0.2) is 4.99 Å². The smallest absolute Gasteiger partial charge is 0.208 e. The van der Waals surface area contributed by atoms with Gasteiger partial charge in [-0.05, 0) is 38.5 Å². The van der Waals surface area contributed by atoms with E-state index in [9.17, 15) is 8.42 Å². The summed E-state index contributed by atoms with van der Waals surface area (Å²) in [5.74, 6) is 1.58. The number of guanidine groups is 1. The Hall–Kier alpha value is -0.130. The van der Waals surface area contributed by atoms with Crippen LogP contribution in [0, 0.1) is 5.92 Å². The van der Waals surface area contributed by atoms with Gasteiger partial charge in [0.15, 0.2) is 5.96 Å². The fourth-order valence-corrected chi connectivity index (χ4v) is 2.30. The first kappa shape index (κ1) is 22.9. The van der Waals surface area contributed by atoms with E-state index >= 15 is 0 Å². The van der Waals surface area contributed by atoms with Gasteiger partial charge in [0, 0.05) is 39.4 Å². The van der Waals surface area contributed by atoms with Gasteiger partial charge in [-0.1, -0.05) is 0 Å². The van der Waals surface area contributed by atoms with Crippen molar-refractivity contribution in [3.8, 4) is 0 Å². The highest BCUT2D eigenvalue weighted by Crippen LogP contribution is 2.28. The van der Waals surface area contributed by atoms with E-state index < -0.39 is 10.0 Å². The second-order valence-corrected chi connectivity index (χ2v) is 7.41. The van der Waals surface area contributed by atoms with Gasteiger partial charge in [-0.15, -0.1) is 24.0 Å². The second kappa shape index (κ2) is 13.2. The number of ether oxygens (including phenoxy) is 1. The van der Waals surface area contributed by atoms with E-state index in [1.165, 1.54) is 12.8 Å². The third-order valence-electron chi connectivity index (χ3n) is 3.12. The van der Waals surface area contributed by atoms with Gasteiger partial charge < -0.3 is 15.4 Å². The molecule has 1 aliphatic rings. The lowest BCUT2D eigenvalue weighted by Gasteiger charge is -2.11. The zero-order valence-corrected chi connectivity index (χ0v) is 17.3. The summed E-state index contributed by atoms with van der Waals surface area (Å²) in [6, 6.07) is 0. The highest BCUT2D eigenvalue weighted by molar-refractivity contribution is 14.0. The molecule has 0 aromatic carbocycles. The van der Waals surface area contributed by atoms with Gasteiger partial charge in [0.25, 0.3) is 0 Å². The predicted molar refractivity (Wildman–Crippen MR) is 105 cm³/mol. The predicted octanol–water partition coefficient (Wildman–Crippen LogP) is 0.916. The van der Waals surface area contributed by atoms with Gasteiger partial charge in [-0.25, -0.2) is 13.1 Å². The van der Waals surface area contributed by atoms with Crippen molar-refractivity contribution in [3.05, 3.63) is 0 Å². The highest BCUT2D eigenvalue weighted by Gasteiger charge is 2.20. The van der Waals surface area contributed by atoms with Crippen LogP contribution in [0.4, 0.5) is 0 Å². The van der Waals surface area contributed by atoms with Crippen molar-refractivity contribution < 1.29 is 13.2 Å². The molecule has 0 unspecified atom stereocenters. The number of sulfonamides is 1. The monoisotopic (exact) mass is 462 g/mol. The summed E-state index contributed by atoms with van der Waals surface area (Å²) in [5.41, 5.74) is 0. The molecule has 7 nitrogen and oxygen atoms in total. The summed E-state index contributed by atoms with van der Waals surface area (Å²) in [5, 5.41) is 6.36. The molecule has 0 aromatic heterocycles. The molecule has 0 spiro atoms. The standard InChI is InChI=1S/C14H30N4O3S.HI/c1-3-15-14(16-8-4-10-18-22(2,19)20)17-9-5-11-21-12-13-6-7-13;/h13,18H,3-12H2,1-2H3,(H2,15,16,17);1H. The molecule has 0 atom stereocenters. The Morgan fingerprint density at radius 2 is 1.96 bits per heavy atom. The molecule has 0 radical (unpaired) electrons. The Kier molecular flexibility index (Phi) is 13.1. The summed E-state index contributed by atoms with van der Waals surface area (Å²) in [4.78, 5) is 4.47. The maximum absolute atomic E-state index is 10.9. The Balaban J connectivity index is 0.00000484. The zero-order valence-electron chi connectivity index (χ0n) is 14.1. The largest absolute Gasteiger partial charge is 0.381 e. The van der Waals surface area contributed by atoms with Crippen molar-refractivity contribution >= 4 is 40.0 Å². The number of rotatable bonds is 12. The molecule has 0 amide bonds. The number of hydrogen-bond acceptors (Lipinski definition) is 4. The third-order valence-corrected chi connectivity index (χ3v) is 3.85. The normalized spacial score (nSPS) is 15.1. The van der Waals surface area contributed by atoms with Crippen LogP contribution in [0.5, 0.6) is 0 Å². The molecule has 1 fully saturated rings. The van der Waals surface area contributed by atoms with Crippen LogP contribution >= 0.6 is 24.0 Å². The van der Waals surface area contributed by atoms with E-state index in [0.717, 1.165) is 50.9 Å². The van der Waals surface area contributed by atoms with Crippen molar-refractivity contribution in [2.45, 2.75) is 32.6 Å². The Morgan fingerprint density at radius 1 is 1.22 bits per heavy atom. The van der Waals surface area contributed by atoms with Crippen LogP contribution in [0.2, 0.25) is 0 Å². The topological polar surface area (TPSA) is 91.8 Å². The second-order valence-electron chi connectivity index (χ2n) is 5.58. The first-order valence-corrected chi connectivity index (χ1v) is 9.95. The minimum atomic E-state index is -3.10. The summed E-state index contributed by atoms with van der Waals surface area (Å²) in [7, 11) is -3.10. The van der Waals surface area contributed by atoms with Crippen molar-refractivity contribution in [2.75, 3.05) is 45.6 Å². The average molecular weight is 462 g/mol. The number of nitrogens with zero attached hydrogens (tertiary/aromatic N) is 1. The molecule has 3 N–H and O–H groups in total. The third kappa shape index (κ3) is 15.2. The van der Waals surface area contributed by atoms with Crippen LogP contribution in [0.1, 0.15) is 32.6 Å². The van der Waals surface area contributed by atoms with Gasteiger partial charge in [0.1, 0.15) is 0 Å². The van der Waals surface area contributed by atoms with Crippen LogP contribution < -0.4 is 15.4 Å². The molecule has 138 valence electrons. The first-order chi connectivity index (χ1) is 10.5. The van der Waals surface area contributed by atoms with Crippen LogP contribution in [-0.2, 0) is 14.8 Å².